The van der Waals surface area contributed by atoms with E-state index in [0.717, 1.165) is 22.9 Å². The molecule has 0 radical (unpaired) electrons. The average molecular weight is 295 g/mol. The van der Waals surface area contributed by atoms with Crippen LogP contribution in [0.4, 0.5) is 0 Å². The van der Waals surface area contributed by atoms with E-state index in [1.54, 1.807) is 0 Å². The van der Waals surface area contributed by atoms with Crippen LogP contribution in [-0.2, 0) is 0 Å². The van der Waals surface area contributed by atoms with Gasteiger partial charge in [0.2, 0.25) is 0 Å². The van der Waals surface area contributed by atoms with Gasteiger partial charge in [0.1, 0.15) is 17.1 Å². The Labute approximate surface area is 130 Å². The Hall–Kier alpha value is -1.81. The van der Waals surface area contributed by atoms with E-state index >= 15 is 0 Å². The van der Waals surface area contributed by atoms with Gasteiger partial charge in [-0.05, 0) is 74.6 Å². The molecule has 0 saturated heterocycles. The van der Waals surface area contributed by atoms with Crippen molar-refractivity contribution in [2.45, 2.75) is 44.7 Å². The van der Waals surface area contributed by atoms with Gasteiger partial charge in [-0.1, -0.05) is 0 Å². The Morgan fingerprint density at radius 3 is 2.86 bits per heavy atom. The molecule has 114 valence electrons. The summed E-state index contributed by atoms with van der Waals surface area (Å²) in [7, 11) is 0. The number of nitrogens with zero attached hydrogens (tertiary/aromatic N) is 1. The van der Waals surface area contributed by atoms with Crippen LogP contribution in [-0.4, -0.2) is 11.5 Å². The number of furan rings is 1. The first kappa shape index (κ1) is 12.7. The largest absolute Gasteiger partial charge is 0.464 e. The third-order valence-electron chi connectivity index (χ3n) is 5.87. The van der Waals surface area contributed by atoms with Crippen LogP contribution in [0, 0.1) is 18.8 Å². The van der Waals surface area contributed by atoms with Crippen molar-refractivity contribution in [3.63, 3.8) is 0 Å². The number of aryl methyl sites for hydroxylation is 1. The van der Waals surface area contributed by atoms with Gasteiger partial charge in [-0.15, -0.1) is 0 Å². The molecule has 2 bridgehead atoms. The summed E-state index contributed by atoms with van der Waals surface area (Å²) in [6.07, 6.45) is 8.41. The van der Waals surface area contributed by atoms with Crippen LogP contribution in [0.1, 0.15) is 43.2 Å². The van der Waals surface area contributed by atoms with Crippen LogP contribution in [0.5, 0.6) is 0 Å². The van der Waals surface area contributed by atoms with Crippen LogP contribution >= 0.6 is 0 Å². The van der Waals surface area contributed by atoms with Crippen molar-refractivity contribution < 1.29 is 4.42 Å². The zero-order chi connectivity index (χ0) is 14.7. The smallest absolute Gasteiger partial charge is 0.144 e. The molecule has 3 saturated carbocycles. The molecule has 22 heavy (non-hydrogen) atoms. The van der Waals surface area contributed by atoms with Gasteiger partial charge in [0.05, 0.1) is 6.26 Å². The van der Waals surface area contributed by atoms with Gasteiger partial charge in [-0.2, -0.15) is 0 Å². The Balaban J connectivity index is 1.54. The van der Waals surface area contributed by atoms with Gasteiger partial charge in [-0.25, -0.2) is 10.4 Å². The highest BCUT2D eigenvalue weighted by atomic mass is 16.3. The van der Waals surface area contributed by atoms with Crippen molar-refractivity contribution >= 4 is 16.8 Å². The van der Waals surface area contributed by atoms with Crippen LogP contribution in [0.25, 0.3) is 11.0 Å². The first-order chi connectivity index (χ1) is 10.7. The minimum atomic E-state index is -0.0586. The number of hydrogen-bond donors (Lipinski definition) is 2. The maximum Gasteiger partial charge on any atom is 0.144 e. The minimum Gasteiger partial charge on any atom is -0.464 e. The topological polar surface area (TPSA) is 49.6 Å². The summed E-state index contributed by atoms with van der Waals surface area (Å²) in [5.41, 5.74) is 10.1. The SMILES string of the molecule is Cc1coc2ccc(C3=N[C@@]4(CC5CCC4CC5)NN3)cc12. The molecule has 3 fully saturated rings. The van der Waals surface area contributed by atoms with Gasteiger partial charge < -0.3 is 9.84 Å². The van der Waals surface area contributed by atoms with E-state index < -0.39 is 0 Å². The average Bonchev–Trinajstić information content (AvgIpc) is 3.13. The Bertz CT molecular complexity index is 770. The van der Waals surface area contributed by atoms with E-state index in [1.807, 2.05) is 12.3 Å². The Morgan fingerprint density at radius 2 is 2.09 bits per heavy atom. The van der Waals surface area contributed by atoms with Crippen LogP contribution in [0.2, 0.25) is 0 Å². The predicted octanol–water partition coefficient (Wildman–Crippen LogP) is 3.50. The molecule has 2 heterocycles. The summed E-state index contributed by atoms with van der Waals surface area (Å²) < 4.78 is 5.54. The number of aliphatic imine (C=N–C) groups is 1. The van der Waals surface area contributed by atoms with Crippen LogP contribution in [0.3, 0.4) is 0 Å². The number of amidine groups is 1. The van der Waals surface area contributed by atoms with E-state index in [1.165, 1.54) is 43.1 Å². The number of benzene rings is 1. The molecule has 4 nitrogen and oxygen atoms in total. The summed E-state index contributed by atoms with van der Waals surface area (Å²) in [5, 5.41) is 1.17. The van der Waals surface area contributed by atoms with E-state index in [0.29, 0.717) is 5.92 Å². The fourth-order valence-electron chi connectivity index (χ4n) is 4.60. The lowest BCUT2D eigenvalue weighted by Crippen LogP contribution is -2.56. The summed E-state index contributed by atoms with van der Waals surface area (Å²) in [5.74, 6) is 2.51. The summed E-state index contributed by atoms with van der Waals surface area (Å²) >= 11 is 0. The van der Waals surface area contributed by atoms with Crippen molar-refractivity contribution in [1.82, 2.24) is 10.9 Å². The van der Waals surface area contributed by atoms with Crippen LogP contribution in [0.15, 0.2) is 33.9 Å². The first-order valence-electron chi connectivity index (χ1n) is 8.35. The second-order valence-electron chi connectivity index (χ2n) is 7.19. The molecular weight excluding hydrogens is 274 g/mol. The number of hydrazine groups is 1. The highest BCUT2D eigenvalue weighted by Gasteiger charge is 2.49. The van der Waals surface area contributed by atoms with Crippen molar-refractivity contribution in [1.29, 1.82) is 0 Å². The Kier molecular flexibility index (Phi) is 2.51. The van der Waals surface area contributed by atoms with Gasteiger partial charge in [0, 0.05) is 10.9 Å². The maximum atomic E-state index is 5.54. The fraction of sp³-hybridized carbons (Fsp3) is 0.500. The molecule has 2 aromatic rings. The van der Waals surface area contributed by atoms with Gasteiger partial charge in [-0.3, -0.25) is 0 Å². The van der Waals surface area contributed by atoms with E-state index in [4.69, 9.17) is 9.41 Å². The van der Waals surface area contributed by atoms with E-state index in [9.17, 15) is 0 Å². The number of hydrogen-bond acceptors (Lipinski definition) is 4. The Morgan fingerprint density at radius 1 is 1.23 bits per heavy atom. The standard InChI is InChI=1S/C18H21N3O/c1-11-10-22-16-7-4-13(8-15(11)16)17-19-18(21-20-17)9-12-2-5-14(18)6-3-12/h4,7-8,10,12,14,21H,2-3,5-6,9H2,1H3,(H,19,20)/t12?,14?,18-/m0/s1. The molecule has 1 atom stereocenters. The monoisotopic (exact) mass is 295 g/mol. The first-order valence-corrected chi connectivity index (χ1v) is 8.35. The quantitative estimate of drug-likeness (QED) is 0.846. The van der Waals surface area contributed by atoms with E-state index in [2.05, 4.69) is 29.9 Å². The number of fused-ring (bicyclic) bond motifs is 3. The molecular formula is C18H21N3O. The predicted molar refractivity (Wildman–Crippen MR) is 86.6 cm³/mol. The third-order valence-corrected chi connectivity index (χ3v) is 5.87. The molecule has 4 heteroatoms. The van der Waals surface area contributed by atoms with Crippen molar-refractivity contribution in [2.75, 3.05) is 0 Å². The zero-order valence-electron chi connectivity index (χ0n) is 12.9. The molecule has 4 aliphatic rings. The zero-order valence-corrected chi connectivity index (χ0v) is 12.9. The highest BCUT2D eigenvalue weighted by Crippen LogP contribution is 2.48. The van der Waals surface area contributed by atoms with Gasteiger partial charge in [0.25, 0.3) is 0 Å². The van der Waals surface area contributed by atoms with Gasteiger partial charge >= 0.3 is 0 Å². The number of nitrogens with one attached hydrogen (secondary N) is 2. The lowest BCUT2D eigenvalue weighted by molar-refractivity contribution is 0.0506. The third kappa shape index (κ3) is 1.70. The summed E-state index contributed by atoms with van der Waals surface area (Å²) in [6, 6.07) is 6.32. The normalized spacial score (nSPS) is 33.4. The minimum absolute atomic E-state index is 0.0586. The maximum absolute atomic E-state index is 5.54. The van der Waals surface area contributed by atoms with Crippen molar-refractivity contribution in [2.24, 2.45) is 16.8 Å². The molecule has 1 aromatic heterocycles. The van der Waals surface area contributed by atoms with Crippen molar-refractivity contribution in [3.05, 3.63) is 35.6 Å². The second-order valence-corrected chi connectivity index (χ2v) is 7.19. The molecule has 6 rings (SSSR count). The lowest BCUT2D eigenvalue weighted by Gasteiger charge is -2.47. The molecule has 1 spiro atoms. The molecule has 0 unspecified atom stereocenters. The van der Waals surface area contributed by atoms with Crippen LogP contribution < -0.4 is 10.9 Å². The lowest BCUT2D eigenvalue weighted by atomic mass is 9.65. The molecule has 3 aliphatic carbocycles. The van der Waals surface area contributed by atoms with Gasteiger partial charge in [0.15, 0.2) is 0 Å². The molecule has 1 aromatic carbocycles. The molecule has 1 aliphatic heterocycles. The number of rotatable bonds is 1. The summed E-state index contributed by atoms with van der Waals surface area (Å²) in [6.45, 7) is 2.08. The second kappa shape index (κ2) is 4.35. The molecule has 2 N–H and O–H groups in total. The summed E-state index contributed by atoms with van der Waals surface area (Å²) in [4.78, 5) is 5.12. The van der Waals surface area contributed by atoms with Crippen molar-refractivity contribution in [3.8, 4) is 0 Å². The highest BCUT2D eigenvalue weighted by molar-refractivity contribution is 6.02. The van der Waals surface area contributed by atoms with E-state index in [-0.39, 0.29) is 5.66 Å². The fourth-order valence-corrected chi connectivity index (χ4v) is 4.60. The molecule has 0 amide bonds.